The molecule has 1 atom stereocenters. The highest BCUT2D eigenvalue weighted by atomic mass is 16.4. The first kappa shape index (κ1) is 10.6. The molecule has 1 aromatic heterocycles. The molecular weight excluding hydrogens is 182 g/mol. The van der Waals surface area contributed by atoms with Gasteiger partial charge in [0.25, 0.3) is 0 Å². The topological polar surface area (TPSA) is 75.1 Å². The molecule has 0 aliphatic carbocycles. The van der Waals surface area contributed by atoms with E-state index in [-0.39, 0.29) is 12.5 Å². The van der Waals surface area contributed by atoms with E-state index in [1.165, 1.54) is 0 Å². The molecular formula is C9H13N3O2. The summed E-state index contributed by atoms with van der Waals surface area (Å²) in [6.45, 7) is 2.36. The molecule has 14 heavy (non-hydrogen) atoms. The minimum Gasteiger partial charge on any atom is -0.481 e. The van der Waals surface area contributed by atoms with Crippen LogP contribution in [0.15, 0.2) is 18.6 Å². The van der Waals surface area contributed by atoms with Crippen molar-refractivity contribution in [2.24, 2.45) is 0 Å². The summed E-state index contributed by atoms with van der Waals surface area (Å²) in [5.41, 5.74) is 0.817. The minimum atomic E-state index is -0.802. The van der Waals surface area contributed by atoms with Crippen LogP contribution in [0.25, 0.3) is 0 Å². The molecule has 0 saturated carbocycles. The lowest BCUT2D eigenvalue weighted by Crippen LogP contribution is -2.22. The number of nitrogens with zero attached hydrogens (tertiary/aromatic N) is 2. The highest BCUT2D eigenvalue weighted by Crippen LogP contribution is 2.05. The van der Waals surface area contributed by atoms with E-state index in [1.54, 1.807) is 18.6 Å². The van der Waals surface area contributed by atoms with Crippen LogP contribution in [0.1, 0.15) is 25.1 Å². The number of carboxylic acids is 1. The lowest BCUT2D eigenvalue weighted by Gasteiger charge is -2.11. The molecule has 0 aliphatic rings. The number of carbonyl (C=O) groups is 1. The number of rotatable bonds is 5. The second-order valence-electron chi connectivity index (χ2n) is 2.95. The molecule has 0 fully saturated rings. The van der Waals surface area contributed by atoms with Gasteiger partial charge < -0.3 is 10.4 Å². The molecule has 76 valence electrons. The van der Waals surface area contributed by atoms with Gasteiger partial charge in [-0.2, -0.15) is 0 Å². The summed E-state index contributed by atoms with van der Waals surface area (Å²) >= 11 is 0. The quantitative estimate of drug-likeness (QED) is 0.719. The fraction of sp³-hybridized carbons (Fsp3) is 0.444. The summed E-state index contributed by atoms with van der Waals surface area (Å²) in [4.78, 5) is 18.3. The van der Waals surface area contributed by atoms with Crippen molar-refractivity contribution in [3.8, 4) is 0 Å². The standard InChI is InChI=1S/C9H13N3O2/c1-7(11-3-2-9(13)14)8-6-10-4-5-12-8/h4-7,11H,2-3H2,1H3,(H,13,14). The van der Waals surface area contributed by atoms with Crippen molar-refractivity contribution in [2.75, 3.05) is 6.54 Å². The van der Waals surface area contributed by atoms with Crippen LogP contribution in [0.3, 0.4) is 0 Å². The second-order valence-corrected chi connectivity index (χ2v) is 2.95. The number of nitrogens with one attached hydrogen (secondary N) is 1. The number of aliphatic carboxylic acids is 1. The van der Waals surface area contributed by atoms with Gasteiger partial charge in [0.05, 0.1) is 12.1 Å². The number of hydrogen-bond acceptors (Lipinski definition) is 4. The zero-order chi connectivity index (χ0) is 10.4. The average molecular weight is 195 g/mol. The first-order chi connectivity index (χ1) is 6.70. The summed E-state index contributed by atoms with van der Waals surface area (Å²) in [5.74, 6) is -0.802. The molecule has 0 aromatic carbocycles. The number of aromatic nitrogens is 2. The summed E-state index contributed by atoms with van der Waals surface area (Å²) in [7, 11) is 0. The van der Waals surface area contributed by atoms with E-state index in [0.717, 1.165) is 5.69 Å². The van der Waals surface area contributed by atoms with E-state index >= 15 is 0 Å². The fourth-order valence-electron chi connectivity index (χ4n) is 1.03. The van der Waals surface area contributed by atoms with Crippen LogP contribution < -0.4 is 5.32 Å². The Hall–Kier alpha value is -1.49. The SMILES string of the molecule is CC(NCCC(=O)O)c1cnccn1. The maximum Gasteiger partial charge on any atom is 0.304 e. The molecule has 1 heterocycles. The molecule has 0 spiro atoms. The van der Waals surface area contributed by atoms with E-state index in [1.807, 2.05) is 6.92 Å². The van der Waals surface area contributed by atoms with Gasteiger partial charge in [0, 0.05) is 31.2 Å². The van der Waals surface area contributed by atoms with E-state index < -0.39 is 5.97 Å². The van der Waals surface area contributed by atoms with Crippen molar-refractivity contribution >= 4 is 5.97 Å². The van der Waals surface area contributed by atoms with Gasteiger partial charge in [0.1, 0.15) is 0 Å². The zero-order valence-corrected chi connectivity index (χ0v) is 7.97. The molecule has 5 heteroatoms. The molecule has 1 unspecified atom stereocenters. The summed E-state index contributed by atoms with van der Waals surface area (Å²) in [6, 6.07) is 0.0306. The molecule has 0 bridgehead atoms. The molecule has 1 rings (SSSR count). The largest absolute Gasteiger partial charge is 0.481 e. The second kappa shape index (κ2) is 5.29. The van der Waals surface area contributed by atoms with Crippen LogP contribution in [-0.2, 0) is 4.79 Å². The summed E-state index contributed by atoms with van der Waals surface area (Å²) in [6.07, 6.45) is 5.00. The van der Waals surface area contributed by atoms with Crippen molar-refractivity contribution in [1.82, 2.24) is 15.3 Å². The van der Waals surface area contributed by atoms with Crippen LogP contribution in [0.2, 0.25) is 0 Å². The predicted molar refractivity (Wildman–Crippen MR) is 50.7 cm³/mol. The van der Waals surface area contributed by atoms with Crippen LogP contribution in [0.5, 0.6) is 0 Å². The Morgan fingerprint density at radius 3 is 3.00 bits per heavy atom. The molecule has 0 amide bonds. The predicted octanol–water partition coefficient (Wildman–Crippen LogP) is 0.602. The van der Waals surface area contributed by atoms with E-state index in [0.29, 0.717) is 6.54 Å². The fourth-order valence-corrected chi connectivity index (χ4v) is 1.03. The first-order valence-electron chi connectivity index (χ1n) is 4.41. The highest BCUT2D eigenvalue weighted by molar-refractivity contribution is 5.66. The molecule has 2 N–H and O–H groups in total. The monoisotopic (exact) mass is 195 g/mol. The zero-order valence-electron chi connectivity index (χ0n) is 7.97. The van der Waals surface area contributed by atoms with Crippen LogP contribution in [-0.4, -0.2) is 27.6 Å². The van der Waals surface area contributed by atoms with Gasteiger partial charge in [-0.3, -0.25) is 14.8 Å². The Kier molecular flexibility index (Phi) is 4.00. The van der Waals surface area contributed by atoms with Gasteiger partial charge in [-0.05, 0) is 6.92 Å². The maximum absolute atomic E-state index is 10.2. The number of carboxylic acid groups (broad SMARTS) is 1. The van der Waals surface area contributed by atoms with Crippen molar-refractivity contribution < 1.29 is 9.90 Å². The Morgan fingerprint density at radius 2 is 2.43 bits per heavy atom. The minimum absolute atomic E-state index is 0.0306. The summed E-state index contributed by atoms with van der Waals surface area (Å²) < 4.78 is 0. The Bertz CT molecular complexity index is 289. The highest BCUT2D eigenvalue weighted by Gasteiger charge is 2.06. The van der Waals surface area contributed by atoms with Gasteiger partial charge in [0.15, 0.2) is 0 Å². The third kappa shape index (κ3) is 3.49. The van der Waals surface area contributed by atoms with E-state index in [9.17, 15) is 4.79 Å². The number of hydrogen-bond donors (Lipinski definition) is 2. The normalized spacial score (nSPS) is 12.4. The third-order valence-electron chi connectivity index (χ3n) is 1.82. The van der Waals surface area contributed by atoms with Crippen molar-refractivity contribution in [1.29, 1.82) is 0 Å². The van der Waals surface area contributed by atoms with Crippen LogP contribution in [0.4, 0.5) is 0 Å². The Balaban J connectivity index is 2.36. The van der Waals surface area contributed by atoms with Gasteiger partial charge in [-0.15, -0.1) is 0 Å². The van der Waals surface area contributed by atoms with Crippen LogP contribution >= 0.6 is 0 Å². The van der Waals surface area contributed by atoms with Gasteiger partial charge in [-0.25, -0.2) is 0 Å². The summed E-state index contributed by atoms with van der Waals surface area (Å²) in [5, 5.41) is 11.5. The molecule has 0 aliphatic heterocycles. The lowest BCUT2D eigenvalue weighted by molar-refractivity contribution is -0.136. The van der Waals surface area contributed by atoms with Crippen molar-refractivity contribution in [3.63, 3.8) is 0 Å². The first-order valence-corrected chi connectivity index (χ1v) is 4.41. The molecule has 5 nitrogen and oxygen atoms in total. The average Bonchev–Trinajstić information content (AvgIpc) is 2.18. The smallest absolute Gasteiger partial charge is 0.304 e. The maximum atomic E-state index is 10.2. The van der Waals surface area contributed by atoms with Gasteiger partial charge in [0.2, 0.25) is 0 Å². The van der Waals surface area contributed by atoms with Crippen LogP contribution in [0, 0.1) is 0 Å². The lowest BCUT2D eigenvalue weighted by atomic mass is 10.2. The Labute approximate surface area is 82.2 Å². The van der Waals surface area contributed by atoms with E-state index in [4.69, 9.17) is 5.11 Å². The Morgan fingerprint density at radius 1 is 1.64 bits per heavy atom. The van der Waals surface area contributed by atoms with E-state index in [2.05, 4.69) is 15.3 Å². The molecule has 1 aromatic rings. The molecule has 0 radical (unpaired) electrons. The van der Waals surface area contributed by atoms with Gasteiger partial charge >= 0.3 is 5.97 Å². The van der Waals surface area contributed by atoms with Gasteiger partial charge in [-0.1, -0.05) is 0 Å². The van der Waals surface area contributed by atoms with Crippen molar-refractivity contribution in [3.05, 3.63) is 24.3 Å². The molecule has 0 saturated heterocycles. The van der Waals surface area contributed by atoms with Crippen molar-refractivity contribution in [2.45, 2.75) is 19.4 Å². The third-order valence-corrected chi connectivity index (χ3v) is 1.82.